The number of nitrogens with one attached hydrogen (secondary N) is 1. The van der Waals surface area contributed by atoms with Gasteiger partial charge in [-0.2, -0.15) is 0 Å². The zero-order valence-electron chi connectivity index (χ0n) is 11.3. The summed E-state index contributed by atoms with van der Waals surface area (Å²) in [5, 5.41) is 3.49. The number of carbonyl (C=O) groups excluding carboxylic acids is 1. The van der Waals surface area contributed by atoms with Crippen LogP contribution in [0.1, 0.15) is 32.1 Å². The smallest absolute Gasteiger partial charge is 0.308 e. The molecule has 0 bridgehead atoms. The summed E-state index contributed by atoms with van der Waals surface area (Å²) in [7, 11) is 3.29. The predicted molar refractivity (Wildman–Crippen MR) is 70.4 cm³/mol. The summed E-state index contributed by atoms with van der Waals surface area (Å²) in [6.45, 7) is 1.76. The van der Waals surface area contributed by atoms with Crippen molar-refractivity contribution in [3.63, 3.8) is 0 Å². The highest BCUT2D eigenvalue weighted by atomic mass is 16.5. The lowest BCUT2D eigenvalue weighted by Crippen LogP contribution is -2.51. The van der Waals surface area contributed by atoms with Crippen LogP contribution in [0.5, 0.6) is 0 Å². The fourth-order valence-corrected chi connectivity index (χ4v) is 2.53. The lowest BCUT2D eigenvalue weighted by Gasteiger charge is -2.36. The first kappa shape index (κ1) is 13.2. The van der Waals surface area contributed by atoms with Crippen LogP contribution in [0.4, 0.5) is 0 Å². The number of hydrogen-bond acceptors (Lipinski definition) is 3. The van der Waals surface area contributed by atoms with E-state index in [0.29, 0.717) is 6.04 Å². The maximum Gasteiger partial charge on any atom is 0.308 e. The summed E-state index contributed by atoms with van der Waals surface area (Å²) in [6, 6.07) is 0.599. The first-order chi connectivity index (χ1) is 8.74. The molecule has 1 aliphatic heterocycles. The van der Waals surface area contributed by atoms with Crippen molar-refractivity contribution in [3.05, 3.63) is 0 Å². The average molecular weight is 253 g/mol. The molecule has 0 atom stereocenters. The SMILES string of the molecule is CN=C(NC1CCC1)N1CCC(C(=O)OC)CC1. The van der Waals surface area contributed by atoms with Crippen molar-refractivity contribution < 1.29 is 9.53 Å². The van der Waals surface area contributed by atoms with Gasteiger partial charge in [0.25, 0.3) is 0 Å². The molecule has 0 unspecified atom stereocenters. The molecule has 1 aliphatic carbocycles. The van der Waals surface area contributed by atoms with Crippen LogP contribution in [-0.4, -0.2) is 50.1 Å². The van der Waals surface area contributed by atoms with Gasteiger partial charge in [0.05, 0.1) is 13.0 Å². The van der Waals surface area contributed by atoms with E-state index < -0.39 is 0 Å². The van der Waals surface area contributed by atoms with Gasteiger partial charge in [-0.1, -0.05) is 0 Å². The molecule has 0 aromatic rings. The Morgan fingerprint density at radius 2 is 1.94 bits per heavy atom. The summed E-state index contributed by atoms with van der Waals surface area (Å²) in [5.41, 5.74) is 0. The van der Waals surface area contributed by atoms with Crippen LogP contribution in [0.15, 0.2) is 4.99 Å². The van der Waals surface area contributed by atoms with Gasteiger partial charge < -0.3 is 15.0 Å². The van der Waals surface area contributed by atoms with E-state index in [-0.39, 0.29) is 11.9 Å². The number of rotatable bonds is 2. The highest BCUT2D eigenvalue weighted by molar-refractivity contribution is 5.81. The van der Waals surface area contributed by atoms with E-state index >= 15 is 0 Å². The third-order valence-corrected chi connectivity index (χ3v) is 3.98. The Hall–Kier alpha value is -1.26. The largest absolute Gasteiger partial charge is 0.469 e. The number of ether oxygens (including phenoxy) is 1. The van der Waals surface area contributed by atoms with E-state index in [1.807, 2.05) is 7.05 Å². The fraction of sp³-hybridized carbons (Fsp3) is 0.846. The molecule has 0 aromatic carbocycles. The third-order valence-electron chi connectivity index (χ3n) is 3.98. The summed E-state index contributed by atoms with van der Waals surface area (Å²) in [6.07, 6.45) is 5.53. The van der Waals surface area contributed by atoms with Crippen LogP contribution in [0.25, 0.3) is 0 Å². The van der Waals surface area contributed by atoms with Crippen molar-refractivity contribution in [3.8, 4) is 0 Å². The van der Waals surface area contributed by atoms with E-state index in [1.165, 1.54) is 26.4 Å². The Morgan fingerprint density at radius 3 is 2.39 bits per heavy atom. The Morgan fingerprint density at radius 1 is 1.28 bits per heavy atom. The minimum Gasteiger partial charge on any atom is -0.469 e. The molecule has 1 N–H and O–H groups in total. The van der Waals surface area contributed by atoms with Gasteiger partial charge in [-0.15, -0.1) is 0 Å². The molecule has 102 valence electrons. The van der Waals surface area contributed by atoms with Gasteiger partial charge in [0, 0.05) is 26.2 Å². The molecule has 1 heterocycles. The highest BCUT2D eigenvalue weighted by Crippen LogP contribution is 2.21. The van der Waals surface area contributed by atoms with Crippen molar-refractivity contribution in [1.29, 1.82) is 0 Å². The predicted octanol–water partition coefficient (Wildman–Crippen LogP) is 0.999. The van der Waals surface area contributed by atoms with E-state index in [2.05, 4.69) is 15.2 Å². The van der Waals surface area contributed by atoms with Crippen molar-refractivity contribution in [1.82, 2.24) is 10.2 Å². The molecule has 1 saturated heterocycles. The van der Waals surface area contributed by atoms with E-state index in [0.717, 1.165) is 31.9 Å². The Bertz CT molecular complexity index is 318. The molecular formula is C13H23N3O2. The summed E-state index contributed by atoms with van der Waals surface area (Å²) in [5.74, 6) is 0.979. The number of piperidine rings is 1. The van der Waals surface area contributed by atoms with Gasteiger partial charge in [-0.3, -0.25) is 9.79 Å². The van der Waals surface area contributed by atoms with Gasteiger partial charge in [0.1, 0.15) is 0 Å². The summed E-state index contributed by atoms with van der Waals surface area (Å²) < 4.78 is 4.80. The maximum atomic E-state index is 11.5. The van der Waals surface area contributed by atoms with Gasteiger partial charge in [-0.25, -0.2) is 0 Å². The number of methoxy groups -OCH3 is 1. The molecule has 0 aromatic heterocycles. The number of likely N-dealkylation sites (tertiary alicyclic amines) is 1. The summed E-state index contributed by atoms with van der Waals surface area (Å²) >= 11 is 0. The molecule has 2 fully saturated rings. The normalized spacial score (nSPS) is 22.6. The second-order valence-electron chi connectivity index (χ2n) is 5.10. The molecule has 5 heteroatoms. The van der Waals surface area contributed by atoms with Crippen molar-refractivity contribution in [2.45, 2.75) is 38.1 Å². The number of hydrogen-bond donors (Lipinski definition) is 1. The second kappa shape index (κ2) is 6.07. The van der Waals surface area contributed by atoms with E-state index in [1.54, 1.807) is 0 Å². The number of carbonyl (C=O) groups is 1. The maximum absolute atomic E-state index is 11.5. The van der Waals surface area contributed by atoms with Crippen molar-refractivity contribution >= 4 is 11.9 Å². The van der Waals surface area contributed by atoms with Crippen LogP contribution in [0, 0.1) is 5.92 Å². The molecule has 5 nitrogen and oxygen atoms in total. The van der Waals surface area contributed by atoms with Gasteiger partial charge in [0.15, 0.2) is 5.96 Å². The van der Waals surface area contributed by atoms with Crippen molar-refractivity contribution in [2.75, 3.05) is 27.2 Å². The lowest BCUT2D eigenvalue weighted by molar-refractivity contribution is -0.146. The molecular weight excluding hydrogens is 230 g/mol. The van der Waals surface area contributed by atoms with Gasteiger partial charge in [0.2, 0.25) is 0 Å². The van der Waals surface area contributed by atoms with Gasteiger partial charge in [-0.05, 0) is 32.1 Å². The zero-order valence-corrected chi connectivity index (χ0v) is 11.3. The monoisotopic (exact) mass is 253 g/mol. The highest BCUT2D eigenvalue weighted by Gasteiger charge is 2.28. The molecule has 0 radical (unpaired) electrons. The van der Waals surface area contributed by atoms with Crippen LogP contribution in [0.3, 0.4) is 0 Å². The first-order valence-corrected chi connectivity index (χ1v) is 6.80. The van der Waals surface area contributed by atoms with Crippen LogP contribution in [0.2, 0.25) is 0 Å². The first-order valence-electron chi connectivity index (χ1n) is 6.80. The Kier molecular flexibility index (Phi) is 4.44. The molecule has 18 heavy (non-hydrogen) atoms. The number of esters is 1. The fourth-order valence-electron chi connectivity index (χ4n) is 2.53. The van der Waals surface area contributed by atoms with Crippen molar-refractivity contribution in [2.24, 2.45) is 10.9 Å². The van der Waals surface area contributed by atoms with E-state index in [9.17, 15) is 4.79 Å². The molecule has 0 spiro atoms. The van der Waals surface area contributed by atoms with Gasteiger partial charge >= 0.3 is 5.97 Å². The minimum absolute atomic E-state index is 0.0630. The van der Waals surface area contributed by atoms with Crippen LogP contribution < -0.4 is 5.32 Å². The Labute approximate surface area is 109 Å². The van der Waals surface area contributed by atoms with E-state index in [4.69, 9.17) is 4.74 Å². The average Bonchev–Trinajstić information content (AvgIpc) is 2.37. The van der Waals surface area contributed by atoms with Crippen LogP contribution in [-0.2, 0) is 9.53 Å². The molecule has 2 aliphatic rings. The van der Waals surface area contributed by atoms with Crippen LogP contribution >= 0.6 is 0 Å². The summed E-state index contributed by atoms with van der Waals surface area (Å²) in [4.78, 5) is 18.0. The topological polar surface area (TPSA) is 53.9 Å². The quantitative estimate of drug-likeness (QED) is 0.453. The molecule has 0 amide bonds. The second-order valence-corrected chi connectivity index (χ2v) is 5.10. The number of aliphatic imine (C=N–C) groups is 1. The lowest BCUT2D eigenvalue weighted by atomic mass is 9.93. The standard InChI is InChI=1S/C13H23N3O2/c1-14-13(15-11-4-3-5-11)16-8-6-10(7-9-16)12(17)18-2/h10-11H,3-9H2,1-2H3,(H,14,15). The number of nitrogens with zero attached hydrogens (tertiary/aromatic N) is 2. The zero-order chi connectivity index (χ0) is 13.0. The molecule has 1 saturated carbocycles. The Balaban J connectivity index is 1.81. The number of guanidine groups is 1. The minimum atomic E-state index is -0.0726. The third kappa shape index (κ3) is 2.94. The molecule has 2 rings (SSSR count).